The van der Waals surface area contributed by atoms with Crippen LogP contribution in [0.4, 0.5) is 5.82 Å². The van der Waals surface area contributed by atoms with Gasteiger partial charge in [0.2, 0.25) is 0 Å². The predicted octanol–water partition coefficient (Wildman–Crippen LogP) is 2.64. The second-order valence-corrected chi connectivity index (χ2v) is 6.99. The SMILES string of the molecule is CN(c1cnc(C#N)cn1)[C@H]1CC[C@@H](c2ncc3cnc4[nH]ccc4n23)C1. The maximum atomic E-state index is 8.88. The Kier molecular flexibility index (Phi) is 3.53. The summed E-state index contributed by atoms with van der Waals surface area (Å²) >= 11 is 0. The van der Waals surface area contributed by atoms with Crippen molar-refractivity contribution in [2.45, 2.75) is 31.2 Å². The standard InChI is InChI=1S/C19H18N8/c1-26(17-11-22-13(7-20)8-23-17)14-3-2-12(6-14)19-25-10-15-9-24-18-16(27(15)19)4-5-21-18/h4-5,8-12,14,21H,2-3,6H2,1H3/t12-,14+/m1/s1. The third kappa shape index (κ3) is 2.51. The molecule has 1 aliphatic carbocycles. The van der Waals surface area contributed by atoms with Crippen LogP contribution in [-0.4, -0.2) is 42.4 Å². The first-order chi connectivity index (χ1) is 13.2. The Bertz CT molecular complexity index is 1150. The number of aromatic nitrogens is 6. The van der Waals surface area contributed by atoms with Crippen LogP contribution in [0.15, 0.2) is 37.1 Å². The van der Waals surface area contributed by atoms with Crippen LogP contribution >= 0.6 is 0 Å². The van der Waals surface area contributed by atoms with Crippen LogP contribution in [0.2, 0.25) is 0 Å². The fourth-order valence-corrected chi connectivity index (χ4v) is 4.08. The molecule has 1 aliphatic rings. The van der Waals surface area contributed by atoms with E-state index in [4.69, 9.17) is 10.2 Å². The lowest BCUT2D eigenvalue weighted by Gasteiger charge is -2.25. The van der Waals surface area contributed by atoms with Gasteiger partial charge in [-0.05, 0) is 25.3 Å². The van der Waals surface area contributed by atoms with E-state index in [0.29, 0.717) is 17.7 Å². The number of anilines is 1. The monoisotopic (exact) mass is 358 g/mol. The van der Waals surface area contributed by atoms with E-state index in [0.717, 1.165) is 47.6 Å². The molecule has 8 heteroatoms. The number of aromatic amines is 1. The fourth-order valence-electron chi connectivity index (χ4n) is 4.08. The minimum Gasteiger partial charge on any atom is -0.355 e. The highest BCUT2D eigenvalue weighted by atomic mass is 15.2. The average Bonchev–Trinajstić information content (AvgIpc) is 3.44. The molecule has 4 aromatic heterocycles. The van der Waals surface area contributed by atoms with Gasteiger partial charge in [0, 0.05) is 25.2 Å². The molecule has 0 amide bonds. The van der Waals surface area contributed by atoms with Crippen molar-refractivity contribution in [3.63, 3.8) is 0 Å². The van der Waals surface area contributed by atoms with Crippen LogP contribution in [-0.2, 0) is 0 Å². The molecule has 27 heavy (non-hydrogen) atoms. The van der Waals surface area contributed by atoms with Gasteiger partial charge in [-0.1, -0.05) is 0 Å². The van der Waals surface area contributed by atoms with Crippen molar-refractivity contribution in [2.24, 2.45) is 0 Å². The predicted molar refractivity (Wildman–Crippen MR) is 100 cm³/mol. The highest BCUT2D eigenvalue weighted by Crippen LogP contribution is 2.37. The van der Waals surface area contributed by atoms with Gasteiger partial charge in [0.05, 0.1) is 35.8 Å². The first-order valence-electron chi connectivity index (χ1n) is 8.99. The Morgan fingerprint density at radius 3 is 2.85 bits per heavy atom. The van der Waals surface area contributed by atoms with Crippen molar-refractivity contribution in [3.8, 4) is 6.07 Å². The van der Waals surface area contributed by atoms with Crippen molar-refractivity contribution in [2.75, 3.05) is 11.9 Å². The lowest BCUT2D eigenvalue weighted by molar-refractivity contribution is 0.615. The zero-order valence-corrected chi connectivity index (χ0v) is 14.9. The summed E-state index contributed by atoms with van der Waals surface area (Å²) < 4.78 is 2.22. The number of hydrogen-bond donors (Lipinski definition) is 1. The highest BCUT2D eigenvalue weighted by molar-refractivity contribution is 5.75. The second-order valence-electron chi connectivity index (χ2n) is 6.99. The van der Waals surface area contributed by atoms with Gasteiger partial charge in [-0.15, -0.1) is 0 Å². The molecule has 4 aromatic rings. The van der Waals surface area contributed by atoms with Crippen LogP contribution in [0.25, 0.3) is 16.7 Å². The Balaban J connectivity index is 1.43. The molecule has 1 N–H and O–H groups in total. The molecule has 134 valence electrons. The topological polar surface area (TPSA) is 98.8 Å². The molecule has 0 aromatic carbocycles. The number of fused-ring (bicyclic) bond motifs is 3. The van der Waals surface area contributed by atoms with Gasteiger partial charge in [0.15, 0.2) is 11.3 Å². The van der Waals surface area contributed by atoms with E-state index in [-0.39, 0.29) is 0 Å². The number of H-pyrrole nitrogens is 1. The lowest BCUT2D eigenvalue weighted by Crippen LogP contribution is -2.30. The summed E-state index contributed by atoms with van der Waals surface area (Å²) in [5, 5.41) is 8.88. The summed E-state index contributed by atoms with van der Waals surface area (Å²) in [7, 11) is 2.04. The Labute approximate surface area is 155 Å². The number of imidazole rings is 1. The van der Waals surface area contributed by atoms with E-state index < -0.39 is 0 Å². The molecule has 0 saturated heterocycles. The van der Waals surface area contributed by atoms with E-state index in [1.807, 2.05) is 37.8 Å². The van der Waals surface area contributed by atoms with Gasteiger partial charge < -0.3 is 9.88 Å². The molecule has 1 saturated carbocycles. The molecular weight excluding hydrogens is 340 g/mol. The van der Waals surface area contributed by atoms with Crippen LogP contribution in [0.5, 0.6) is 0 Å². The summed E-state index contributed by atoms with van der Waals surface area (Å²) in [4.78, 5) is 23.0. The summed E-state index contributed by atoms with van der Waals surface area (Å²) in [5.41, 5.74) is 3.30. The maximum Gasteiger partial charge on any atom is 0.158 e. The van der Waals surface area contributed by atoms with E-state index in [9.17, 15) is 0 Å². The van der Waals surface area contributed by atoms with Gasteiger partial charge in [0.1, 0.15) is 17.7 Å². The lowest BCUT2D eigenvalue weighted by atomic mass is 10.1. The van der Waals surface area contributed by atoms with Crippen molar-refractivity contribution in [1.29, 1.82) is 5.26 Å². The first-order valence-corrected chi connectivity index (χ1v) is 8.99. The maximum absolute atomic E-state index is 8.88. The van der Waals surface area contributed by atoms with Crippen LogP contribution in [0, 0.1) is 11.3 Å². The molecule has 0 radical (unpaired) electrons. The smallest absolute Gasteiger partial charge is 0.158 e. The normalized spacial score (nSPS) is 19.6. The van der Waals surface area contributed by atoms with Gasteiger partial charge in [-0.2, -0.15) is 5.26 Å². The van der Waals surface area contributed by atoms with Crippen molar-refractivity contribution >= 4 is 22.5 Å². The Morgan fingerprint density at radius 1 is 1.15 bits per heavy atom. The number of nitrogens with one attached hydrogen (secondary N) is 1. The molecule has 8 nitrogen and oxygen atoms in total. The largest absolute Gasteiger partial charge is 0.355 e. The number of nitriles is 1. The Morgan fingerprint density at radius 2 is 2.04 bits per heavy atom. The molecule has 0 spiro atoms. The van der Waals surface area contributed by atoms with Crippen LogP contribution < -0.4 is 4.90 Å². The molecule has 0 aliphatic heterocycles. The minimum atomic E-state index is 0.337. The molecule has 1 fully saturated rings. The zero-order valence-electron chi connectivity index (χ0n) is 14.9. The highest BCUT2D eigenvalue weighted by Gasteiger charge is 2.32. The van der Waals surface area contributed by atoms with Crippen molar-refractivity contribution in [1.82, 2.24) is 29.3 Å². The van der Waals surface area contributed by atoms with Crippen LogP contribution in [0.3, 0.4) is 0 Å². The molecule has 4 heterocycles. The summed E-state index contributed by atoms with van der Waals surface area (Å²) in [6.45, 7) is 0. The van der Waals surface area contributed by atoms with Gasteiger partial charge >= 0.3 is 0 Å². The van der Waals surface area contributed by atoms with Gasteiger partial charge in [0.25, 0.3) is 0 Å². The summed E-state index contributed by atoms with van der Waals surface area (Å²) in [6, 6.07) is 4.42. The fraction of sp³-hybridized carbons (Fsp3) is 0.316. The average molecular weight is 358 g/mol. The second kappa shape index (κ2) is 6.06. The van der Waals surface area contributed by atoms with E-state index in [1.54, 1.807) is 6.20 Å². The Hall–Kier alpha value is -3.47. The van der Waals surface area contributed by atoms with E-state index in [1.165, 1.54) is 6.20 Å². The van der Waals surface area contributed by atoms with Crippen molar-refractivity contribution < 1.29 is 0 Å². The quantitative estimate of drug-likeness (QED) is 0.604. The van der Waals surface area contributed by atoms with Crippen molar-refractivity contribution in [3.05, 3.63) is 48.6 Å². The van der Waals surface area contributed by atoms with E-state index >= 15 is 0 Å². The third-order valence-electron chi connectivity index (χ3n) is 5.52. The summed E-state index contributed by atoms with van der Waals surface area (Å²) in [6.07, 6.45) is 12.0. The first kappa shape index (κ1) is 15.8. The summed E-state index contributed by atoms with van der Waals surface area (Å²) in [5.74, 6) is 2.27. The van der Waals surface area contributed by atoms with Gasteiger partial charge in [-0.3, -0.25) is 4.40 Å². The number of rotatable bonds is 3. The third-order valence-corrected chi connectivity index (χ3v) is 5.52. The molecule has 0 unspecified atom stereocenters. The minimum absolute atomic E-state index is 0.337. The molecule has 5 rings (SSSR count). The number of nitrogens with zero attached hydrogens (tertiary/aromatic N) is 7. The van der Waals surface area contributed by atoms with Crippen LogP contribution in [0.1, 0.15) is 36.7 Å². The molecular formula is C19H18N8. The molecule has 2 atom stereocenters. The molecule has 0 bridgehead atoms. The number of hydrogen-bond acceptors (Lipinski definition) is 6. The zero-order chi connectivity index (χ0) is 18.4. The van der Waals surface area contributed by atoms with Gasteiger partial charge in [-0.25, -0.2) is 19.9 Å². The van der Waals surface area contributed by atoms with E-state index in [2.05, 4.69) is 29.2 Å².